The van der Waals surface area contributed by atoms with Crippen molar-refractivity contribution in [3.05, 3.63) is 76.4 Å². The first-order chi connectivity index (χ1) is 14.2. The lowest BCUT2D eigenvalue weighted by Crippen LogP contribution is -2.13. The molecule has 0 saturated carbocycles. The maximum Gasteiger partial charge on any atom is 0.357 e. The van der Waals surface area contributed by atoms with Crippen molar-refractivity contribution in [3.63, 3.8) is 0 Å². The summed E-state index contributed by atoms with van der Waals surface area (Å²) in [6.45, 7) is 0. The summed E-state index contributed by atoms with van der Waals surface area (Å²) in [5, 5.41) is 10.7. The van der Waals surface area contributed by atoms with Crippen LogP contribution < -0.4 is 5.32 Å². The van der Waals surface area contributed by atoms with Crippen molar-refractivity contribution in [2.75, 3.05) is 12.4 Å². The van der Waals surface area contributed by atoms with Gasteiger partial charge in [-0.2, -0.15) is 5.10 Å². The first kappa shape index (κ1) is 18.8. The SMILES string of the molecule is COC(=O)c1nc(NC(=O)c2n[nH]c3ccccc23)sc1CCc1ccccc1. The second-order valence-corrected chi connectivity index (χ2v) is 7.42. The molecule has 0 atom stereocenters. The largest absolute Gasteiger partial charge is 0.464 e. The fourth-order valence-corrected chi connectivity index (χ4v) is 3.97. The number of benzene rings is 2. The molecule has 7 nitrogen and oxygen atoms in total. The van der Waals surface area contributed by atoms with Gasteiger partial charge in [-0.1, -0.05) is 48.5 Å². The Bertz CT molecular complexity index is 1170. The van der Waals surface area contributed by atoms with E-state index in [1.165, 1.54) is 18.4 Å². The maximum absolute atomic E-state index is 12.7. The third-order valence-corrected chi connectivity index (χ3v) is 5.50. The third-order valence-electron chi connectivity index (χ3n) is 4.47. The molecule has 2 aromatic heterocycles. The number of rotatable bonds is 6. The molecule has 0 aliphatic heterocycles. The molecular weight excluding hydrogens is 388 g/mol. The summed E-state index contributed by atoms with van der Waals surface area (Å²) in [7, 11) is 1.32. The van der Waals surface area contributed by atoms with Gasteiger partial charge in [0, 0.05) is 10.3 Å². The highest BCUT2D eigenvalue weighted by atomic mass is 32.1. The number of methoxy groups -OCH3 is 1. The molecular formula is C21H18N4O3S. The third kappa shape index (κ3) is 4.02. The number of nitrogens with zero attached hydrogens (tertiary/aromatic N) is 2. The van der Waals surface area contributed by atoms with E-state index in [-0.39, 0.29) is 17.3 Å². The number of aromatic nitrogens is 3. The highest BCUT2D eigenvalue weighted by Crippen LogP contribution is 2.26. The van der Waals surface area contributed by atoms with Crippen LogP contribution in [0.1, 0.15) is 31.4 Å². The first-order valence-corrected chi connectivity index (χ1v) is 9.83. The predicted octanol–water partition coefficient (Wildman–Crippen LogP) is 3.84. The van der Waals surface area contributed by atoms with E-state index >= 15 is 0 Å². The molecule has 2 heterocycles. The quantitative estimate of drug-likeness (QED) is 0.474. The second-order valence-electron chi connectivity index (χ2n) is 6.34. The Kier molecular flexibility index (Phi) is 5.35. The van der Waals surface area contributed by atoms with Crippen molar-refractivity contribution in [2.45, 2.75) is 12.8 Å². The van der Waals surface area contributed by atoms with Crippen LogP contribution >= 0.6 is 11.3 Å². The molecule has 29 heavy (non-hydrogen) atoms. The van der Waals surface area contributed by atoms with Crippen LogP contribution in [0.5, 0.6) is 0 Å². The molecule has 0 aliphatic carbocycles. The molecule has 2 N–H and O–H groups in total. The van der Waals surface area contributed by atoms with Gasteiger partial charge in [0.1, 0.15) is 0 Å². The average molecular weight is 406 g/mol. The van der Waals surface area contributed by atoms with Crippen molar-refractivity contribution in [3.8, 4) is 0 Å². The van der Waals surface area contributed by atoms with Crippen LogP contribution in [0, 0.1) is 0 Å². The smallest absolute Gasteiger partial charge is 0.357 e. The summed E-state index contributed by atoms with van der Waals surface area (Å²) in [6.07, 6.45) is 1.37. The Balaban J connectivity index is 1.56. The van der Waals surface area contributed by atoms with Crippen LogP contribution in [0.25, 0.3) is 10.9 Å². The lowest BCUT2D eigenvalue weighted by molar-refractivity contribution is 0.0593. The zero-order valence-corrected chi connectivity index (χ0v) is 16.5. The molecule has 4 aromatic rings. The van der Waals surface area contributed by atoms with Gasteiger partial charge < -0.3 is 4.74 Å². The molecule has 146 valence electrons. The Labute approximate surface area is 170 Å². The van der Waals surface area contributed by atoms with Crippen molar-refractivity contribution >= 4 is 39.2 Å². The lowest BCUT2D eigenvalue weighted by atomic mass is 10.1. The van der Waals surface area contributed by atoms with Crippen molar-refractivity contribution < 1.29 is 14.3 Å². The van der Waals surface area contributed by atoms with Gasteiger partial charge in [-0.15, -0.1) is 11.3 Å². The minimum absolute atomic E-state index is 0.232. The fraction of sp³-hybridized carbons (Fsp3) is 0.143. The number of nitrogens with one attached hydrogen (secondary N) is 2. The van der Waals surface area contributed by atoms with Crippen LogP contribution in [0.3, 0.4) is 0 Å². The minimum atomic E-state index is -0.518. The normalized spacial score (nSPS) is 10.8. The molecule has 0 aliphatic rings. The molecule has 1 amide bonds. The van der Waals surface area contributed by atoms with E-state index in [2.05, 4.69) is 20.5 Å². The predicted molar refractivity (Wildman–Crippen MR) is 111 cm³/mol. The van der Waals surface area contributed by atoms with Crippen molar-refractivity contribution in [2.24, 2.45) is 0 Å². The maximum atomic E-state index is 12.7. The average Bonchev–Trinajstić information content (AvgIpc) is 3.36. The van der Waals surface area contributed by atoms with Gasteiger partial charge in [-0.05, 0) is 24.5 Å². The zero-order valence-electron chi connectivity index (χ0n) is 15.6. The summed E-state index contributed by atoms with van der Waals surface area (Å²) in [4.78, 5) is 29.9. The number of anilines is 1. The highest BCUT2D eigenvalue weighted by molar-refractivity contribution is 7.16. The monoisotopic (exact) mass is 406 g/mol. The Morgan fingerprint density at radius 1 is 1.03 bits per heavy atom. The number of hydrogen-bond donors (Lipinski definition) is 2. The fourth-order valence-electron chi connectivity index (χ4n) is 3.03. The topological polar surface area (TPSA) is 97.0 Å². The number of fused-ring (bicyclic) bond motifs is 1. The van der Waals surface area contributed by atoms with E-state index in [4.69, 9.17) is 4.74 Å². The number of amides is 1. The molecule has 0 saturated heterocycles. The molecule has 0 spiro atoms. The number of esters is 1. The molecule has 0 unspecified atom stereocenters. The zero-order chi connectivity index (χ0) is 20.2. The van der Waals surface area contributed by atoms with Gasteiger partial charge in [-0.25, -0.2) is 9.78 Å². The number of thiazole rings is 1. The molecule has 0 bridgehead atoms. The number of carbonyl (C=O) groups excluding carboxylic acids is 2. The van der Waals surface area contributed by atoms with E-state index < -0.39 is 5.97 Å². The van der Waals surface area contributed by atoms with E-state index in [1.54, 1.807) is 0 Å². The standard InChI is InChI=1S/C21H18N4O3S/c1-28-20(27)18-16(12-11-13-7-3-2-4-8-13)29-21(22-18)23-19(26)17-14-9-5-6-10-15(14)24-25-17/h2-10H,11-12H2,1H3,(H,24,25)(H,22,23,26). The van der Waals surface area contributed by atoms with Gasteiger partial charge in [-0.3, -0.25) is 15.2 Å². The molecule has 8 heteroatoms. The van der Waals surface area contributed by atoms with Gasteiger partial charge >= 0.3 is 5.97 Å². The Morgan fingerprint density at radius 2 is 1.79 bits per heavy atom. The van der Waals surface area contributed by atoms with Crippen molar-refractivity contribution in [1.29, 1.82) is 0 Å². The summed E-state index contributed by atoms with van der Waals surface area (Å²) in [5.41, 5.74) is 2.44. The first-order valence-electron chi connectivity index (χ1n) is 9.02. The van der Waals surface area contributed by atoms with Crippen LogP contribution in [0.2, 0.25) is 0 Å². The summed E-state index contributed by atoms with van der Waals surface area (Å²) < 4.78 is 4.85. The molecule has 2 aromatic carbocycles. The molecule has 0 fully saturated rings. The minimum Gasteiger partial charge on any atom is -0.464 e. The summed E-state index contributed by atoms with van der Waals surface area (Å²) in [6, 6.07) is 17.4. The Morgan fingerprint density at radius 3 is 2.59 bits per heavy atom. The number of aromatic amines is 1. The van der Waals surface area contributed by atoms with Crippen LogP contribution in [-0.2, 0) is 17.6 Å². The van der Waals surface area contributed by atoms with Crippen LogP contribution in [-0.4, -0.2) is 34.2 Å². The van der Waals surface area contributed by atoms with E-state index in [1.807, 2.05) is 54.6 Å². The van der Waals surface area contributed by atoms with Crippen LogP contribution in [0.4, 0.5) is 5.13 Å². The number of H-pyrrole nitrogens is 1. The number of carbonyl (C=O) groups is 2. The summed E-state index contributed by atoms with van der Waals surface area (Å²) >= 11 is 1.27. The van der Waals surface area contributed by atoms with Gasteiger partial charge in [0.05, 0.1) is 12.6 Å². The highest BCUT2D eigenvalue weighted by Gasteiger charge is 2.21. The number of ether oxygens (including phenoxy) is 1. The van der Waals surface area contributed by atoms with E-state index in [0.717, 1.165) is 27.8 Å². The van der Waals surface area contributed by atoms with E-state index in [9.17, 15) is 9.59 Å². The van der Waals surface area contributed by atoms with Crippen molar-refractivity contribution in [1.82, 2.24) is 15.2 Å². The van der Waals surface area contributed by atoms with Gasteiger partial charge in [0.2, 0.25) is 0 Å². The Hall–Kier alpha value is -3.52. The number of hydrogen-bond acceptors (Lipinski definition) is 6. The second kappa shape index (κ2) is 8.24. The molecule has 0 radical (unpaired) electrons. The van der Waals surface area contributed by atoms with Gasteiger partial charge in [0.15, 0.2) is 16.5 Å². The van der Waals surface area contributed by atoms with Crippen LogP contribution in [0.15, 0.2) is 54.6 Å². The number of aryl methyl sites for hydroxylation is 2. The molecule has 4 rings (SSSR count). The number of para-hydroxylation sites is 1. The lowest BCUT2D eigenvalue weighted by Gasteiger charge is -2.01. The summed E-state index contributed by atoms with van der Waals surface area (Å²) in [5.74, 6) is -0.905. The van der Waals surface area contributed by atoms with Gasteiger partial charge in [0.25, 0.3) is 5.91 Å². The van der Waals surface area contributed by atoms with E-state index in [0.29, 0.717) is 11.6 Å².